The molecule has 1 aromatic carbocycles. The SMILES string of the molecule is CCOC(=O)c1cc(C2CC2)c2c(C)c(-c3ccc(Cl)cc3)ccn2c1=O. The summed E-state index contributed by atoms with van der Waals surface area (Å²) in [4.78, 5) is 25.2. The van der Waals surface area contributed by atoms with Crippen molar-refractivity contribution in [3.63, 3.8) is 0 Å². The predicted octanol–water partition coefficient (Wildman–Crippen LogP) is 4.98. The minimum absolute atomic E-state index is 0.106. The van der Waals surface area contributed by atoms with Gasteiger partial charge >= 0.3 is 5.97 Å². The van der Waals surface area contributed by atoms with Gasteiger partial charge in [0.15, 0.2) is 0 Å². The number of carbonyl (C=O) groups is 1. The molecule has 4 nitrogen and oxygen atoms in total. The minimum Gasteiger partial charge on any atom is -0.462 e. The van der Waals surface area contributed by atoms with Crippen molar-refractivity contribution in [2.45, 2.75) is 32.6 Å². The maximum absolute atomic E-state index is 12.9. The summed E-state index contributed by atoms with van der Waals surface area (Å²) < 4.78 is 6.67. The van der Waals surface area contributed by atoms with Crippen molar-refractivity contribution < 1.29 is 9.53 Å². The van der Waals surface area contributed by atoms with E-state index in [0.29, 0.717) is 10.9 Å². The van der Waals surface area contributed by atoms with Crippen LogP contribution >= 0.6 is 11.6 Å². The third-order valence-electron chi connectivity index (χ3n) is 5.08. The van der Waals surface area contributed by atoms with Crippen molar-refractivity contribution in [3.05, 3.63) is 74.7 Å². The van der Waals surface area contributed by atoms with Gasteiger partial charge in [0.2, 0.25) is 0 Å². The molecule has 0 aliphatic heterocycles. The van der Waals surface area contributed by atoms with Crippen LogP contribution in [0.15, 0.2) is 47.4 Å². The molecule has 0 atom stereocenters. The van der Waals surface area contributed by atoms with E-state index in [0.717, 1.165) is 40.6 Å². The third-order valence-corrected chi connectivity index (χ3v) is 5.33. The first kappa shape index (κ1) is 17.8. The number of hydrogen-bond acceptors (Lipinski definition) is 3. The van der Waals surface area contributed by atoms with Gasteiger partial charge in [0.1, 0.15) is 5.56 Å². The number of nitrogens with zero attached hydrogens (tertiary/aromatic N) is 1. The van der Waals surface area contributed by atoms with Gasteiger partial charge in [0.25, 0.3) is 5.56 Å². The van der Waals surface area contributed by atoms with Crippen LogP contribution in [0, 0.1) is 6.92 Å². The molecule has 0 spiro atoms. The number of benzene rings is 1. The Morgan fingerprint density at radius 1 is 1.22 bits per heavy atom. The zero-order valence-electron chi connectivity index (χ0n) is 15.3. The number of fused-ring (bicyclic) bond motifs is 1. The van der Waals surface area contributed by atoms with E-state index in [2.05, 4.69) is 0 Å². The Morgan fingerprint density at radius 3 is 2.56 bits per heavy atom. The van der Waals surface area contributed by atoms with Crippen LogP contribution in [0.3, 0.4) is 0 Å². The Kier molecular flexibility index (Phi) is 4.52. The average molecular weight is 382 g/mol. The van der Waals surface area contributed by atoms with Crippen LogP contribution in [-0.2, 0) is 4.74 Å². The van der Waals surface area contributed by atoms with Crippen LogP contribution in [0.25, 0.3) is 16.6 Å². The number of halogens is 1. The largest absolute Gasteiger partial charge is 0.462 e. The topological polar surface area (TPSA) is 47.8 Å². The van der Waals surface area contributed by atoms with Gasteiger partial charge < -0.3 is 4.74 Å². The quantitative estimate of drug-likeness (QED) is 0.598. The summed E-state index contributed by atoms with van der Waals surface area (Å²) in [6.07, 6.45) is 3.89. The highest BCUT2D eigenvalue weighted by molar-refractivity contribution is 6.30. The van der Waals surface area contributed by atoms with Crippen molar-refractivity contribution in [1.82, 2.24) is 4.40 Å². The second-order valence-corrected chi connectivity index (χ2v) is 7.33. The number of rotatable bonds is 4. The number of aryl methyl sites for hydroxylation is 1. The zero-order valence-corrected chi connectivity index (χ0v) is 16.0. The van der Waals surface area contributed by atoms with Crippen molar-refractivity contribution in [3.8, 4) is 11.1 Å². The summed E-state index contributed by atoms with van der Waals surface area (Å²) in [5.41, 5.74) is 4.83. The highest BCUT2D eigenvalue weighted by atomic mass is 35.5. The van der Waals surface area contributed by atoms with E-state index >= 15 is 0 Å². The van der Waals surface area contributed by atoms with E-state index in [4.69, 9.17) is 16.3 Å². The zero-order chi connectivity index (χ0) is 19.1. The Bertz CT molecular complexity index is 1100. The normalized spacial score (nSPS) is 13.7. The summed E-state index contributed by atoms with van der Waals surface area (Å²) in [6.45, 7) is 4.00. The lowest BCUT2D eigenvalue weighted by atomic mass is 9.96. The molecule has 2 aromatic heterocycles. The molecule has 1 aliphatic carbocycles. The van der Waals surface area contributed by atoms with Gasteiger partial charge in [-0.2, -0.15) is 0 Å². The summed E-state index contributed by atoms with van der Waals surface area (Å²) in [7, 11) is 0. The van der Waals surface area contributed by atoms with Gasteiger partial charge in [0.05, 0.1) is 12.1 Å². The molecule has 3 aromatic rings. The first-order valence-corrected chi connectivity index (χ1v) is 9.51. The summed E-state index contributed by atoms with van der Waals surface area (Å²) in [5, 5.41) is 0.686. The highest BCUT2D eigenvalue weighted by Crippen LogP contribution is 2.43. The molecular weight excluding hydrogens is 362 g/mol. The van der Waals surface area contributed by atoms with Gasteiger partial charge in [-0.3, -0.25) is 9.20 Å². The van der Waals surface area contributed by atoms with E-state index in [-0.39, 0.29) is 17.7 Å². The Hall–Kier alpha value is -2.59. The van der Waals surface area contributed by atoms with Crippen LogP contribution in [-0.4, -0.2) is 17.0 Å². The minimum atomic E-state index is -0.557. The molecular formula is C22H20ClNO3. The van der Waals surface area contributed by atoms with E-state index in [9.17, 15) is 9.59 Å². The fourth-order valence-corrected chi connectivity index (χ4v) is 3.73. The first-order valence-electron chi connectivity index (χ1n) is 9.13. The van der Waals surface area contributed by atoms with E-state index in [1.165, 1.54) is 0 Å². The fraction of sp³-hybridized carbons (Fsp3) is 0.273. The monoisotopic (exact) mass is 381 g/mol. The maximum Gasteiger partial charge on any atom is 0.343 e. The molecule has 4 rings (SSSR count). The van der Waals surface area contributed by atoms with Gasteiger partial charge in [-0.05, 0) is 79.1 Å². The lowest BCUT2D eigenvalue weighted by Gasteiger charge is -2.16. The van der Waals surface area contributed by atoms with Crippen LogP contribution < -0.4 is 5.56 Å². The number of carbonyl (C=O) groups excluding carboxylic acids is 1. The molecule has 5 heteroatoms. The number of hydrogen-bond donors (Lipinski definition) is 0. The molecule has 0 radical (unpaired) electrons. The van der Waals surface area contributed by atoms with Gasteiger partial charge in [-0.1, -0.05) is 23.7 Å². The number of esters is 1. The standard InChI is InChI=1S/C22H20ClNO3/c1-3-27-22(26)19-12-18(15-4-5-15)20-13(2)17(10-11-24(20)21(19)25)14-6-8-16(23)9-7-14/h6-12,15H,3-5H2,1-2H3. The average Bonchev–Trinajstić information content (AvgIpc) is 3.49. The van der Waals surface area contributed by atoms with Crippen molar-refractivity contribution in [2.75, 3.05) is 6.61 Å². The second-order valence-electron chi connectivity index (χ2n) is 6.89. The van der Waals surface area contributed by atoms with E-state index in [1.54, 1.807) is 23.6 Å². The molecule has 0 amide bonds. The fourth-order valence-electron chi connectivity index (χ4n) is 3.60. The number of pyridine rings is 2. The molecule has 0 N–H and O–H groups in total. The molecule has 0 bridgehead atoms. The lowest BCUT2D eigenvalue weighted by Crippen LogP contribution is -2.25. The highest BCUT2D eigenvalue weighted by Gasteiger charge is 2.29. The molecule has 138 valence electrons. The van der Waals surface area contributed by atoms with Crippen LogP contribution in [0.2, 0.25) is 5.02 Å². The molecule has 1 aliphatic rings. The Morgan fingerprint density at radius 2 is 1.93 bits per heavy atom. The van der Waals surface area contributed by atoms with Crippen LogP contribution in [0.4, 0.5) is 0 Å². The van der Waals surface area contributed by atoms with Crippen molar-refractivity contribution in [2.24, 2.45) is 0 Å². The smallest absolute Gasteiger partial charge is 0.343 e. The van der Waals surface area contributed by atoms with Crippen molar-refractivity contribution in [1.29, 1.82) is 0 Å². The molecule has 0 unspecified atom stereocenters. The van der Waals surface area contributed by atoms with E-state index < -0.39 is 5.97 Å². The predicted molar refractivity (Wildman–Crippen MR) is 107 cm³/mol. The van der Waals surface area contributed by atoms with Crippen LogP contribution in [0.5, 0.6) is 0 Å². The number of aromatic nitrogens is 1. The molecule has 2 heterocycles. The van der Waals surface area contributed by atoms with E-state index in [1.807, 2.05) is 37.3 Å². The molecule has 1 saturated carbocycles. The number of ether oxygens (including phenoxy) is 1. The molecule has 1 fully saturated rings. The second kappa shape index (κ2) is 6.86. The van der Waals surface area contributed by atoms with Crippen molar-refractivity contribution >= 4 is 23.1 Å². The van der Waals surface area contributed by atoms with Gasteiger partial charge in [-0.25, -0.2) is 4.79 Å². The van der Waals surface area contributed by atoms with Gasteiger partial charge in [0, 0.05) is 11.2 Å². The summed E-state index contributed by atoms with van der Waals surface area (Å²) in [6, 6.07) is 11.3. The summed E-state index contributed by atoms with van der Waals surface area (Å²) in [5.74, 6) is -0.175. The Labute approximate surface area is 162 Å². The van der Waals surface area contributed by atoms with Crippen LogP contribution in [0.1, 0.15) is 47.2 Å². The lowest BCUT2D eigenvalue weighted by molar-refractivity contribution is 0.0524. The molecule has 0 saturated heterocycles. The maximum atomic E-state index is 12.9. The third kappa shape index (κ3) is 3.15. The first-order chi connectivity index (χ1) is 13.0. The Balaban J connectivity index is 1.98. The summed E-state index contributed by atoms with van der Waals surface area (Å²) >= 11 is 6.01. The molecule has 27 heavy (non-hydrogen) atoms. The van der Waals surface area contributed by atoms with Gasteiger partial charge in [-0.15, -0.1) is 0 Å².